The van der Waals surface area contributed by atoms with Crippen LogP contribution in [0.3, 0.4) is 0 Å². The van der Waals surface area contributed by atoms with Crippen molar-refractivity contribution < 1.29 is 0 Å². The van der Waals surface area contributed by atoms with Gasteiger partial charge in [0.25, 0.3) is 0 Å². The second-order valence-electron chi connectivity index (χ2n) is 3.55. The molecule has 1 N–H and O–H groups in total. The molecule has 0 fully saturated rings. The SMILES string of the molecule is CCC/C(=C\Cl)CCC/C=C(\C)NC. The van der Waals surface area contributed by atoms with Crippen molar-refractivity contribution in [3.05, 3.63) is 22.9 Å². The Bertz CT molecular complexity index is 194. The van der Waals surface area contributed by atoms with E-state index in [1.54, 1.807) is 5.54 Å². The molecule has 0 heterocycles. The third kappa shape index (κ3) is 7.02. The Hall–Kier alpha value is -0.430. The number of allylic oxidation sites excluding steroid dienone is 3. The summed E-state index contributed by atoms with van der Waals surface area (Å²) in [6.07, 6.45) is 8.01. The van der Waals surface area contributed by atoms with Crippen LogP contribution in [-0.2, 0) is 0 Å². The molecule has 82 valence electrons. The number of nitrogens with one attached hydrogen (secondary N) is 1. The Labute approximate surface area is 93.2 Å². The van der Waals surface area contributed by atoms with Crippen molar-refractivity contribution in [1.82, 2.24) is 5.32 Å². The molecule has 0 radical (unpaired) electrons. The number of hydrogen-bond donors (Lipinski definition) is 1. The Kier molecular flexibility index (Phi) is 8.86. The lowest BCUT2D eigenvalue weighted by Gasteiger charge is -2.03. The minimum atomic E-state index is 1.13. The van der Waals surface area contributed by atoms with Crippen molar-refractivity contribution in [2.24, 2.45) is 0 Å². The third-order valence-electron chi connectivity index (χ3n) is 2.27. The molecule has 0 aliphatic carbocycles. The first kappa shape index (κ1) is 13.6. The summed E-state index contributed by atoms with van der Waals surface area (Å²) >= 11 is 5.73. The van der Waals surface area contributed by atoms with Gasteiger partial charge in [-0.2, -0.15) is 0 Å². The number of halogens is 1. The Morgan fingerprint density at radius 3 is 2.57 bits per heavy atom. The highest BCUT2D eigenvalue weighted by molar-refractivity contribution is 6.25. The molecule has 0 spiro atoms. The van der Waals surface area contributed by atoms with Crippen molar-refractivity contribution in [2.45, 2.75) is 46.0 Å². The largest absolute Gasteiger partial charge is 0.392 e. The van der Waals surface area contributed by atoms with Crippen molar-refractivity contribution in [3.63, 3.8) is 0 Å². The molecule has 0 aromatic heterocycles. The van der Waals surface area contributed by atoms with Gasteiger partial charge in [-0.15, -0.1) is 0 Å². The Morgan fingerprint density at radius 2 is 2.07 bits per heavy atom. The zero-order chi connectivity index (χ0) is 10.8. The van der Waals surface area contributed by atoms with Crippen molar-refractivity contribution in [3.8, 4) is 0 Å². The van der Waals surface area contributed by atoms with Crippen LogP contribution in [0.2, 0.25) is 0 Å². The maximum absolute atomic E-state index is 5.73. The van der Waals surface area contributed by atoms with E-state index < -0.39 is 0 Å². The second-order valence-corrected chi connectivity index (χ2v) is 3.76. The topological polar surface area (TPSA) is 12.0 Å². The van der Waals surface area contributed by atoms with Gasteiger partial charge < -0.3 is 5.32 Å². The fourth-order valence-corrected chi connectivity index (χ4v) is 1.52. The number of unbranched alkanes of at least 4 members (excludes halogenated alkanes) is 1. The molecule has 0 bridgehead atoms. The van der Waals surface area contributed by atoms with Crippen LogP contribution in [0.5, 0.6) is 0 Å². The molecule has 0 aliphatic rings. The molecule has 0 aromatic rings. The maximum atomic E-state index is 5.73. The highest BCUT2D eigenvalue weighted by Gasteiger charge is 1.95. The average molecular weight is 216 g/mol. The molecule has 0 aliphatic heterocycles. The molecule has 0 saturated heterocycles. The normalized spacial score (nSPS) is 13.1. The van der Waals surface area contributed by atoms with E-state index >= 15 is 0 Å². The van der Waals surface area contributed by atoms with Crippen LogP contribution < -0.4 is 5.32 Å². The number of rotatable bonds is 7. The third-order valence-corrected chi connectivity index (χ3v) is 2.58. The highest BCUT2D eigenvalue weighted by atomic mass is 35.5. The van der Waals surface area contributed by atoms with E-state index in [1.165, 1.54) is 24.1 Å². The van der Waals surface area contributed by atoms with Gasteiger partial charge in [-0.25, -0.2) is 0 Å². The molecular weight excluding hydrogens is 194 g/mol. The molecule has 0 atom stereocenters. The van der Waals surface area contributed by atoms with E-state index in [1.807, 2.05) is 7.05 Å². The van der Waals surface area contributed by atoms with Crippen molar-refractivity contribution in [1.29, 1.82) is 0 Å². The summed E-state index contributed by atoms with van der Waals surface area (Å²) in [5, 5.41) is 3.11. The van der Waals surface area contributed by atoms with Gasteiger partial charge in [0.15, 0.2) is 0 Å². The van der Waals surface area contributed by atoms with Gasteiger partial charge in [-0.3, -0.25) is 0 Å². The minimum Gasteiger partial charge on any atom is -0.392 e. The molecule has 0 saturated carbocycles. The lowest BCUT2D eigenvalue weighted by atomic mass is 10.1. The molecule has 0 amide bonds. The van der Waals surface area contributed by atoms with Crippen molar-refractivity contribution in [2.75, 3.05) is 7.05 Å². The minimum absolute atomic E-state index is 1.13. The van der Waals surface area contributed by atoms with Gasteiger partial charge in [0, 0.05) is 18.3 Å². The van der Waals surface area contributed by atoms with Crippen LogP contribution in [0.1, 0.15) is 46.0 Å². The zero-order valence-electron chi connectivity index (χ0n) is 9.57. The van der Waals surface area contributed by atoms with Gasteiger partial charge >= 0.3 is 0 Å². The molecule has 0 unspecified atom stereocenters. The smallest absolute Gasteiger partial charge is 0.00344 e. The van der Waals surface area contributed by atoms with Crippen LogP contribution in [0.25, 0.3) is 0 Å². The molecule has 0 aromatic carbocycles. The van der Waals surface area contributed by atoms with Crippen LogP contribution in [-0.4, -0.2) is 7.05 Å². The lowest BCUT2D eigenvalue weighted by Crippen LogP contribution is -2.00. The standard InChI is InChI=1S/C12H22ClN/c1-4-7-12(10-13)9-6-5-8-11(2)14-3/h8,10,14H,4-7,9H2,1-3H3/b11-8+,12-10+. The van der Waals surface area contributed by atoms with Gasteiger partial charge in [-0.05, 0) is 32.6 Å². The van der Waals surface area contributed by atoms with Crippen LogP contribution in [0.15, 0.2) is 22.9 Å². The predicted molar refractivity (Wildman–Crippen MR) is 65.5 cm³/mol. The molecule has 0 rings (SSSR count). The summed E-state index contributed by atoms with van der Waals surface area (Å²) in [6.45, 7) is 4.27. The van der Waals surface area contributed by atoms with E-state index in [0.717, 1.165) is 19.3 Å². The maximum Gasteiger partial charge on any atom is 0.00344 e. The highest BCUT2D eigenvalue weighted by Crippen LogP contribution is 2.14. The first-order valence-corrected chi connectivity index (χ1v) is 5.80. The first-order valence-electron chi connectivity index (χ1n) is 5.37. The monoisotopic (exact) mass is 215 g/mol. The van der Waals surface area contributed by atoms with E-state index in [0.29, 0.717) is 0 Å². The summed E-state index contributed by atoms with van der Waals surface area (Å²) in [5.41, 5.74) is 4.37. The zero-order valence-corrected chi connectivity index (χ0v) is 10.3. The summed E-state index contributed by atoms with van der Waals surface area (Å²) in [6, 6.07) is 0. The quantitative estimate of drug-likeness (QED) is 0.628. The average Bonchev–Trinajstić information content (AvgIpc) is 2.22. The lowest BCUT2D eigenvalue weighted by molar-refractivity contribution is 0.765. The Balaban J connectivity index is 3.62. The van der Waals surface area contributed by atoms with E-state index in [4.69, 9.17) is 11.6 Å². The van der Waals surface area contributed by atoms with Crippen LogP contribution in [0.4, 0.5) is 0 Å². The Morgan fingerprint density at radius 1 is 1.36 bits per heavy atom. The van der Waals surface area contributed by atoms with Crippen molar-refractivity contribution >= 4 is 11.6 Å². The fourth-order valence-electron chi connectivity index (χ4n) is 1.30. The number of hydrogen-bond acceptors (Lipinski definition) is 1. The molecular formula is C12H22ClN. The molecule has 2 heteroatoms. The summed E-state index contributed by atoms with van der Waals surface area (Å²) < 4.78 is 0. The summed E-state index contributed by atoms with van der Waals surface area (Å²) in [4.78, 5) is 0. The molecule has 14 heavy (non-hydrogen) atoms. The fraction of sp³-hybridized carbons (Fsp3) is 0.667. The summed E-state index contributed by atoms with van der Waals surface area (Å²) in [7, 11) is 1.95. The van der Waals surface area contributed by atoms with Crippen LogP contribution >= 0.6 is 11.6 Å². The van der Waals surface area contributed by atoms with E-state index in [-0.39, 0.29) is 0 Å². The molecule has 1 nitrogen and oxygen atoms in total. The second kappa shape index (κ2) is 9.14. The van der Waals surface area contributed by atoms with E-state index in [2.05, 4.69) is 25.2 Å². The van der Waals surface area contributed by atoms with Crippen LogP contribution in [0, 0.1) is 0 Å². The van der Waals surface area contributed by atoms with Gasteiger partial charge in [-0.1, -0.05) is 36.6 Å². The summed E-state index contributed by atoms with van der Waals surface area (Å²) in [5.74, 6) is 0. The van der Waals surface area contributed by atoms with Gasteiger partial charge in [0.05, 0.1) is 0 Å². The van der Waals surface area contributed by atoms with Gasteiger partial charge in [0.1, 0.15) is 0 Å². The predicted octanol–water partition coefficient (Wildman–Crippen LogP) is 4.20. The van der Waals surface area contributed by atoms with Gasteiger partial charge in [0.2, 0.25) is 0 Å². The van der Waals surface area contributed by atoms with E-state index in [9.17, 15) is 0 Å². The first-order chi connectivity index (χ1) is 6.74.